The zero-order valence-corrected chi connectivity index (χ0v) is 15.8. The Kier molecular flexibility index (Phi) is 5.85. The quantitative estimate of drug-likeness (QED) is 0.615. The van der Waals surface area contributed by atoms with Crippen LogP contribution in [0.1, 0.15) is 43.1 Å². The predicted octanol–water partition coefficient (Wildman–Crippen LogP) is 3.16. The number of amides is 3. The maximum atomic E-state index is 12.9. The van der Waals surface area contributed by atoms with Crippen LogP contribution in [0.2, 0.25) is 0 Å². The first kappa shape index (κ1) is 19.7. The van der Waals surface area contributed by atoms with E-state index in [4.69, 9.17) is 4.74 Å². The Labute approximate surface area is 154 Å². The number of benzene rings is 1. The van der Waals surface area contributed by atoms with Gasteiger partial charge in [0.05, 0.1) is 0 Å². The molecule has 1 saturated heterocycles. The van der Waals surface area contributed by atoms with Crippen LogP contribution >= 0.6 is 0 Å². The van der Waals surface area contributed by atoms with Gasteiger partial charge in [-0.2, -0.15) is 0 Å². The van der Waals surface area contributed by atoms with Crippen molar-refractivity contribution in [2.45, 2.75) is 45.8 Å². The molecule has 6 heteroatoms. The first-order valence-corrected chi connectivity index (χ1v) is 8.67. The van der Waals surface area contributed by atoms with Crippen molar-refractivity contribution in [2.75, 3.05) is 13.1 Å². The first-order chi connectivity index (χ1) is 12.1. The van der Waals surface area contributed by atoms with Crippen molar-refractivity contribution in [3.63, 3.8) is 0 Å². The Balaban J connectivity index is 2.21. The fraction of sp³-hybridized carbons (Fsp3) is 0.450. The number of piperazine rings is 1. The summed E-state index contributed by atoms with van der Waals surface area (Å²) in [6, 6.07) is 6.28. The highest BCUT2D eigenvalue weighted by atomic mass is 16.6. The summed E-state index contributed by atoms with van der Waals surface area (Å²) in [5, 5.41) is 0. The molecule has 0 radical (unpaired) electrons. The van der Waals surface area contributed by atoms with Gasteiger partial charge in [-0.1, -0.05) is 23.8 Å². The van der Waals surface area contributed by atoms with Gasteiger partial charge >= 0.3 is 6.09 Å². The molecule has 1 aromatic carbocycles. The maximum Gasteiger partial charge on any atom is 0.411 e. The number of hydrogen-bond acceptors (Lipinski definition) is 4. The average molecular weight is 358 g/mol. The molecular formula is C20H26N2O4. The molecule has 0 unspecified atom stereocenters. The second-order valence-corrected chi connectivity index (χ2v) is 7.37. The third kappa shape index (κ3) is 4.50. The Morgan fingerprint density at radius 1 is 1.23 bits per heavy atom. The van der Waals surface area contributed by atoms with Gasteiger partial charge in [0, 0.05) is 18.7 Å². The molecule has 3 amide bonds. The van der Waals surface area contributed by atoms with Crippen LogP contribution in [0.15, 0.2) is 36.9 Å². The van der Waals surface area contributed by atoms with E-state index in [2.05, 4.69) is 6.58 Å². The molecule has 26 heavy (non-hydrogen) atoms. The topological polar surface area (TPSA) is 66.9 Å². The van der Waals surface area contributed by atoms with Crippen LogP contribution in [-0.2, 0) is 9.53 Å². The lowest BCUT2D eigenvalue weighted by molar-refractivity contribution is -0.138. The zero-order chi connectivity index (χ0) is 19.5. The number of hydrogen-bond donors (Lipinski definition) is 0. The Hall–Kier alpha value is -2.63. The minimum atomic E-state index is -0.787. The molecule has 0 aliphatic carbocycles. The minimum Gasteiger partial charge on any atom is -0.444 e. The van der Waals surface area contributed by atoms with Gasteiger partial charge in [0.15, 0.2) is 0 Å². The molecule has 0 saturated carbocycles. The number of aryl methyl sites for hydroxylation is 1. The standard InChI is InChI=1S/C20H26N2O4/c1-6-7-16-18(24)22(17(23)15-10-8-14(2)9-11-15)13-12-21(16)19(25)26-20(3,4)5/h6,8-11,16H,1,7,12-13H2,2-5H3/t16-/m0/s1. The van der Waals surface area contributed by atoms with Gasteiger partial charge in [0.2, 0.25) is 0 Å². The maximum absolute atomic E-state index is 12.9. The lowest BCUT2D eigenvalue weighted by Crippen LogP contribution is -2.60. The van der Waals surface area contributed by atoms with Gasteiger partial charge in [0.25, 0.3) is 11.8 Å². The number of carbonyl (C=O) groups excluding carboxylic acids is 3. The molecule has 0 bridgehead atoms. The van der Waals surface area contributed by atoms with E-state index in [1.165, 1.54) is 9.80 Å². The highest BCUT2D eigenvalue weighted by Crippen LogP contribution is 2.21. The number of ether oxygens (including phenoxy) is 1. The van der Waals surface area contributed by atoms with Gasteiger partial charge in [-0.3, -0.25) is 19.4 Å². The second-order valence-electron chi connectivity index (χ2n) is 7.37. The van der Waals surface area contributed by atoms with Crippen LogP contribution in [0.25, 0.3) is 0 Å². The van der Waals surface area contributed by atoms with Crippen LogP contribution < -0.4 is 0 Å². The van der Waals surface area contributed by atoms with Crippen molar-refractivity contribution < 1.29 is 19.1 Å². The Morgan fingerprint density at radius 2 is 1.85 bits per heavy atom. The van der Waals surface area contributed by atoms with Crippen LogP contribution in [0.5, 0.6) is 0 Å². The second kappa shape index (κ2) is 7.72. The molecule has 1 fully saturated rings. The Bertz CT molecular complexity index is 704. The molecule has 1 aliphatic rings. The van der Waals surface area contributed by atoms with Crippen molar-refractivity contribution >= 4 is 17.9 Å². The minimum absolute atomic E-state index is 0.137. The van der Waals surface area contributed by atoms with Gasteiger partial charge in [-0.25, -0.2) is 4.79 Å². The normalized spacial score (nSPS) is 17.8. The van der Waals surface area contributed by atoms with E-state index in [0.29, 0.717) is 5.56 Å². The van der Waals surface area contributed by atoms with Gasteiger partial charge in [-0.05, 0) is 46.2 Å². The van der Waals surface area contributed by atoms with Crippen molar-refractivity contribution in [1.82, 2.24) is 9.80 Å². The largest absolute Gasteiger partial charge is 0.444 e. The number of nitrogens with zero attached hydrogens (tertiary/aromatic N) is 2. The third-order valence-corrected chi connectivity index (χ3v) is 4.05. The summed E-state index contributed by atoms with van der Waals surface area (Å²) >= 11 is 0. The van der Waals surface area contributed by atoms with E-state index < -0.39 is 23.6 Å². The molecule has 1 aromatic rings. The van der Waals surface area contributed by atoms with E-state index in [9.17, 15) is 14.4 Å². The number of imide groups is 1. The van der Waals surface area contributed by atoms with Crippen LogP contribution in [0, 0.1) is 6.92 Å². The summed E-state index contributed by atoms with van der Waals surface area (Å²) in [5.74, 6) is -0.763. The molecule has 0 N–H and O–H groups in total. The number of carbonyl (C=O) groups is 3. The van der Waals surface area contributed by atoms with Crippen molar-refractivity contribution in [3.05, 3.63) is 48.0 Å². The summed E-state index contributed by atoms with van der Waals surface area (Å²) < 4.78 is 5.39. The molecule has 140 valence electrons. The van der Waals surface area contributed by atoms with Crippen LogP contribution in [0.3, 0.4) is 0 Å². The zero-order valence-electron chi connectivity index (χ0n) is 15.8. The highest BCUT2D eigenvalue weighted by molar-refractivity contribution is 6.07. The smallest absolute Gasteiger partial charge is 0.411 e. The SMILES string of the molecule is C=CC[C@H]1C(=O)N(C(=O)c2ccc(C)cc2)CCN1C(=O)OC(C)(C)C. The number of rotatable bonds is 3. The van der Waals surface area contributed by atoms with Gasteiger partial charge in [-0.15, -0.1) is 6.58 Å². The van der Waals surface area contributed by atoms with Crippen LogP contribution in [-0.4, -0.2) is 52.4 Å². The molecule has 2 rings (SSSR count). The Morgan fingerprint density at radius 3 is 2.38 bits per heavy atom. The first-order valence-electron chi connectivity index (χ1n) is 8.67. The molecular weight excluding hydrogens is 332 g/mol. The molecule has 6 nitrogen and oxygen atoms in total. The van der Waals surface area contributed by atoms with E-state index in [1.54, 1.807) is 39.0 Å². The summed E-state index contributed by atoms with van der Waals surface area (Å²) in [6.07, 6.45) is 1.27. The van der Waals surface area contributed by atoms with E-state index in [1.807, 2.05) is 19.1 Å². The summed E-state index contributed by atoms with van der Waals surface area (Å²) in [6.45, 7) is 11.3. The highest BCUT2D eigenvalue weighted by Gasteiger charge is 2.41. The molecule has 1 atom stereocenters. The van der Waals surface area contributed by atoms with Crippen LogP contribution in [0.4, 0.5) is 4.79 Å². The fourth-order valence-electron chi connectivity index (χ4n) is 2.77. The monoisotopic (exact) mass is 358 g/mol. The van der Waals surface area contributed by atoms with E-state index in [-0.39, 0.29) is 25.4 Å². The molecule has 1 heterocycles. The van der Waals surface area contributed by atoms with Crippen molar-refractivity contribution in [3.8, 4) is 0 Å². The summed E-state index contributed by atoms with van der Waals surface area (Å²) in [4.78, 5) is 40.6. The predicted molar refractivity (Wildman–Crippen MR) is 98.8 cm³/mol. The average Bonchev–Trinajstić information content (AvgIpc) is 2.55. The summed E-state index contributed by atoms with van der Waals surface area (Å²) in [7, 11) is 0. The van der Waals surface area contributed by atoms with Crippen molar-refractivity contribution in [1.29, 1.82) is 0 Å². The fourth-order valence-corrected chi connectivity index (χ4v) is 2.77. The van der Waals surface area contributed by atoms with Gasteiger partial charge < -0.3 is 4.74 Å². The molecule has 0 aromatic heterocycles. The lowest BCUT2D eigenvalue weighted by Gasteiger charge is -2.39. The van der Waals surface area contributed by atoms with Gasteiger partial charge in [0.1, 0.15) is 11.6 Å². The molecule has 1 aliphatic heterocycles. The molecule has 0 spiro atoms. The lowest BCUT2D eigenvalue weighted by atomic mass is 10.1. The van der Waals surface area contributed by atoms with E-state index in [0.717, 1.165) is 5.56 Å². The summed E-state index contributed by atoms with van der Waals surface area (Å²) in [5.41, 5.74) is 0.826. The third-order valence-electron chi connectivity index (χ3n) is 4.05. The van der Waals surface area contributed by atoms with Crippen molar-refractivity contribution in [2.24, 2.45) is 0 Å². The van der Waals surface area contributed by atoms with E-state index >= 15 is 0 Å².